The number of nitriles is 1. The summed E-state index contributed by atoms with van der Waals surface area (Å²) in [5.41, 5.74) is 0.445. The fourth-order valence-electron chi connectivity index (χ4n) is 1.15. The predicted molar refractivity (Wildman–Crippen MR) is 67.2 cm³/mol. The summed E-state index contributed by atoms with van der Waals surface area (Å²) in [6.07, 6.45) is 1.71. The average molecular weight is 291 g/mol. The molecule has 16 heavy (non-hydrogen) atoms. The van der Waals surface area contributed by atoms with Crippen molar-refractivity contribution in [3.05, 3.63) is 52.8 Å². The molecular formula is C12H7BrN2S. The van der Waals surface area contributed by atoms with Crippen molar-refractivity contribution < 1.29 is 0 Å². The van der Waals surface area contributed by atoms with E-state index in [4.69, 9.17) is 5.26 Å². The zero-order valence-corrected chi connectivity index (χ0v) is 10.6. The Bertz CT molecular complexity index is 514. The molecule has 1 heterocycles. The highest BCUT2D eigenvalue weighted by Crippen LogP contribution is 2.27. The summed E-state index contributed by atoms with van der Waals surface area (Å²) < 4.78 is 1.06. The smallest absolute Gasteiger partial charge is 0.140 e. The highest BCUT2D eigenvalue weighted by molar-refractivity contribution is 9.10. The summed E-state index contributed by atoms with van der Waals surface area (Å²) in [4.78, 5) is 6.20. The minimum atomic E-state index is 0.445. The highest BCUT2D eigenvalue weighted by atomic mass is 79.9. The van der Waals surface area contributed by atoms with Gasteiger partial charge in [0.25, 0.3) is 0 Å². The van der Waals surface area contributed by atoms with Crippen LogP contribution in [0.2, 0.25) is 0 Å². The zero-order chi connectivity index (χ0) is 11.4. The van der Waals surface area contributed by atoms with Gasteiger partial charge in [-0.25, -0.2) is 4.98 Å². The van der Waals surface area contributed by atoms with E-state index in [1.54, 1.807) is 24.0 Å². The summed E-state index contributed by atoms with van der Waals surface area (Å²) in [5, 5.41) is 8.62. The molecule has 0 amide bonds. The Labute approximate surface area is 106 Å². The van der Waals surface area contributed by atoms with E-state index in [9.17, 15) is 0 Å². The van der Waals surface area contributed by atoms with Crippen LogP contribution in [0, 0.1) is 11.3 Å². The number of hydrogen-bond acceptors (Lipinski definition) is 3. The molecule has 2 rings (SSSR count). The van der Waals surface area contributed by atoms with Crippen LogP contribution in [0.5, 0.6) is 0 Å². The summed E-state index contributed by atoms with van der Waals surface area (Å²) in [6, 6.07) is 13.7. The number of hydrogen-bond donors (Lipinski definition) is 0. The first-order valence-corrected chi connectivity index (χ1v) is 6.18. The number of halogens is 1. The van der Waals surface area contributed by atoms with Crippen LogP contribution in [-0.2, 0) is 0 Å². The number of rotatable bonds is 2. The van der Waals surface area contributed by atoms with E-state index in [1.165, 1.54) is 0 Å². The molecule has 1 aromatic heterocycles. The molecule has 0 aliphatic heterocycles. The summed E-state index contributed by atoms with van der Waals surface area (Å²) >= 11 is 5.01. The van der Waals surface area contributed by atoms with Crippen LogP contribution in [0.4, 0.5) is 0 Å². The Morgan fingerprint density at radius 1 is 1.06 bits per heavy atom. The number of pyridine rings is 1. The molecule has 0 aliphatic rings. The van der Waals surface area contributed by atoms with Gasteiger partial charge in [0, 0.05) is 20.5 Å². The topological polar surface area (TPSA) is 36.7 Å². The van der Waals surface area contributed by atoms with Crippen LogP contribution >= 0.6 is 27.7 Å². The second-order valence-corrected chi connectivity index (χ2v) is 5.11. The van der Waals surface area contributed by atoms with Gasteiger partial charge >= 0.3 is 0 Å². The van der Waals surface area contributed by atoms with Gasteiger partial charge in [-0.3, -0.25) is 0 Å². The maximum Gasteiger partial charge on any atom is 0.140 e. The zero-order valence-electron chi connectivity index (χ0n) is 8.22. The first-order chi connectivity index (χ1) is 7.78. The van der Waals surface area contributed by atoms with Gasteiger partial charge in [0.1, 0.15) is 11.8 Å². The lowest BCUT2D eigenvalue weighted by atomic mass is 10.4. The number of nitrogens with zero attached hydrogens (tertiary/aromatic N) is 2. The van der Waals surface area contributed by atoms with Gasteiger partial charge in [-0.2, -0.15) is 5.26 Å². The van der Waals surface area contributed by atoms with Crippen LogP contribution in [0.1, 0.15) is 5.69 Å². The maximum absolute atomic E-state index is 8.62. The van der Waals surface area contributed by atoms with Gasteiger partial charge in [-0.15, -0.1) is 0 Å². The van der Waals surface area contributed by atoms with Crippen LogP contribution in [0.25, 0.3) is 0 Å². The standard InChI is InChI=1S/C12H7BrN2S/c13-9-1-4-11(5-2-9)16-12-6-3-10(7-14)15-8-12/h1-6,8H. The first-order valence-electron chi connectivity index (χ1n) is 4.57. The third-order valence-corrected chi connectivity index (χ3v) is 3.41. The summed E-state index contributed by atoms with van der Waals surface area (Å²) in [7, 11) is 0. The largest absolute Gasteiger partial charge is 0.244 e. The highest BCUT2D eigenvalue weighted by Gasteiger charge is 1.98. The molecule has 78 valence electrons. The molecule has 0 radical (unpaired) electrons. The Morgan fingerprint density at radius 2 is 1.75 bits per heavy atom. The summed E-state index contributed by atoms with van der Waals surface area (Å²) in [6.45, 7) is 0. The quantitative estimate of drug-likeness (QED) is 0.842. The van der Waals surface area contributed by atoms with Crippen LogP contribution in [-0.4, -0.2) is 4.98 Å². The van der Waals surface area contributed by atoms with Crippen LogP contribution < -0.4 is 0 Å². The maximum atomic E-state index is 8.62. The molecule has 0 fully saturated rings. The van der Waals surface area contributed by atoms with E-state index in [0.717, 1.165) is 14.3 Å². The van der Waals surface area contributed by atoms with Gasteiger partial charge in [0.05, 0.1) is 0 Å². The van der Waals surface area contributed by atoms with Crippen molar-refractivity contribution in [2.45, 2.75) is 9.79 Å². The molecule has 2 aromatic rings. The molecule has 2 nitrogen and oxygen atoms in total. The van der Waals surface area contributed by atoms with Crippen molar-refractivity contribution in [2.75, 3.05) is 0 Å². The minimum absolute atomic E-state index is 0.445. The van der Waals surface area contributed by atoms with Gasteiger partial charge in [-0.1, -0.05) is 27.7 Å². The van der Waals surface area contributed by atoms with Crippen molar-refractivity contribution in [1.29, 1.82) is 5.26 Å². The fraction of sp³-hybridized carbons (Fsp3) is 0. The number of aromatic nitrogens is 1. The number of benzene rings is 1. The Kier molecular flexibility index (Phi) is 3.60. The Balaban J connectivity index is 2.15. The predicted octanol–water partition coefficient (Wildman–Crippen LogP) is 3.87. The lowest BCUT2D eigenvalue weighted by Gasteiger charge is -2.00. The molecule has 4 heteroatoms. The Hall–Kier alpha value is -1.31. The van der Waals surface area contributed by atoms with E-state index in [2.05, 4.69) is 20.9 Å². The molecule has 1 aromatic carbocycles. The second-order valence-electron chi connectivity index (χ2n) is 3.05. The van der Waals surface area contributed by atoms with Crippen LogP contribution in [0.15, 0.2) is 56.9 Å². The lowest BCUT2D eigenvalue weighted by Crippen LogP contribution is -1.81. The van der Waals surface area contributed by atoms with Gasteiger partial charge in [0.15, 0.2) is 0 Å². The van der Waals surface area contributed by atoms with Gasteiger partial charge in [0.2, 0.25) is 0 Å². The molecule has 0 atom stereocenters. The third kappa shape index (κ3) is 2.84. The van der Waals surface area contributed by atoms with Crippen molar-refractivity contribution >= 4 is 27.7 Å². The normalized spacial score (nSPS) is 9.75. The average Bonchev–Trinajstić information content (AvgIpc) is 2.33. The monoisotopic (exact) mass is 290 g/mol. The van der Waals surface area contributed by atoms with Crippen LogP contribution in [0.3, 0.4) is 0 Å². The summed E-state index contributed by atoms with van der Waals surface area (Å²) in [5.74, 6) is 0. The fourth-order valence-corrected chi connectivity index (χ4v) is 2.20. The van der Waals surface area contributed by atoms with Crippen molar-refractivity contribution in [3.63, 3.8) is 0 Å². The second kappa shape index (κ2) is 5.15. The van der Waals surface area contributed by atoms with E-state index in [0.29, 0.717) is 5.69 Å². The van der Waals surface area contributed by atoms with Crippen molar-refractivity contribution in [2.24, 2.45) is 0 Å². The van der Waals surface area contributed by atoms with E-state index < -0.39 is 0 Å². The van der Waals surface area contributed by atoms with E-state index in [1.807, 2.05) is 36.4 Å². The molecule has 0 unspecified atom stereocenters. The first kappa shape index (κ1) is 11.2. The van der Waals surface area contributed by atoms with Gasteiger partial charge in [-0.05, 0) is 36.4 Å². The SMILES string of the molecule is N#Cc1ccc(Sc2ccc(Br)cc2)cn1. The minimum Gasteiger partial charge on any atom is -0.244 e. The Morgan fingerprint density at radius 3 is 2.31 bits per heavy atom. The van der Waals surface area contributed by atoms with E-state index >= 15 is 0 Å². The molecule has 0 saturated heterocycles. The molecule has 0 spiro atoms. The van der Waals surface area contributed by atoms with Crippen molar-refractivity contribution in [1.82, 2.24) is 4.98 Å². The molecular weight excluding hydrogens is 284 g/mol. The lowest BCUT2D eigenvalue weighted by molar-refractivity contribution is 1.19. The molecule has 0 bridgehead atoms. The van der Waals surface area contributed by atoms with E-state index in [-0.39, 0.29) is 0 Å². The molecule has 0 saturated carbocycles. The molecule has 0 aliphatic carbocycles. The van der Waals surface area contributed by atoms with Gasteiger partial charge < -0.3 is 0 Å². The molecule has 0 N–H and O–H groups in total. The van der Waals surface area contributed by atoms with Crippen molar-refractivity contribution in [3.8, 4) is 6.07 Å². The third-order valence-electron chi connectivity index (χ3n) is 1.90.